The Morgan fingerprint density at radius 3 is 2.46 bits per heavy atom. The highest BCUT2D eigenvalue weighted by molar-refractivity contribution is 4.76. The quantitative estimate of drug-likeness (QED) is 0.448. The van der Waals surface area contributed by atoms with Crippen molar-refractivity contribution in [1.82, 2.24) is 5.32 Å². The van der Waals surface area contributed by atoms with Crippen molar-refractivity contribution in [3.63, 3.8) is 0 Å². The summed E-state index contributed by atoms with van der Waals surface area (Å²) in [6, 6.07) is 1.23. The van der Waals surface area contributed by atoms with Crippen LogP contribution in [0.2, 0.25) is 0 Å². The Balaban J connectivity index is 3.37. The Hall–Kier alpha value is -0.300. The maximum Gasteiger partial charge on any atom is 0.00756 e. The van der Waals surface area contributed by atoms with Crippen molar-refractivity contribution in [2.75, 3.05) is 0 Å². The minimum Gasteiger partial charge on any atom is -0.311 e. The van der Waals surface area contributed by atoms with Gasteiger partial charge in [0.1, 0.15) is 0 Å². The maximum atomic E-state index is 3.74. The summed E-state index contributed by atoms with van der Waals surface area (Å²) in [5, 5.41) is 3.57. The van der Waals surface area contributed by atoms with E-state index in [1.54, 1.807) is 0 Å². The second kappa shape index (κ2) is 8.31. The molecule has 13 heavy (non-hydrogen) atoms. The van der Waals surface area contributed by atoms with Crippen LogP contribution in [-0.2, 0) is 0 Å². The van der Waals surface area contributed by atoms with Crippen molar-refractivity contribution in [2.45, 2.75) is 65.0 Å². The Morgan fingerprint density at radius 2 is 1.92 bits per heavy atom. The molecule has 0 aliphatic rings. The Kier molecular flexibility index (Phi) is 8.11. The molecule has 1 nitrogen and oxygen atoms in total. The highest BCUT2D eigenvalue weighted by Crippen LogP contribution is 2.04. The van der Waals surface area contributed by atoms with Gasteiger partial charge in [-0.25, -0.2) is 0 Å². The van der Waals surface area contributed by atoms with E-state index in [2.05, 4.69) is 32.7 Å². The lowest BCUT2D eigenvalue weighted by molar-refractivity contribution is 0.433. The predicted octanol–water partition coefficient (Wildman–Crippen LogP) is 3.51. The molecule has 0 aliphatic carbocycles. The first-order valence-electron chi connectivity index (χ1n) is 5.57. The zero-order chi connectivity index (χ0) is 10.1. The summed E-state index contributed by atoms with van der Waals surface area (Å²) in [5.74, 6) is 0. The molecule has 0 fully saturated rings. The van der Waals surface area contributed by atoms with Crippen molar-refractivity contribution in [3.8, 4) is 0 Å². The smallest absolute Gasteiger partial charge is 0.00756 e. The van der Waals surface area contributed by atoms with E-state index in [0.717, 1.165) is 6.42 Å². The van der Waals surface area contributed by atoms with Gasteiger partial charge in [-0.05, 0) is 26.7 Å². The molecule has 78 valence electrons. The summed E-state index contributed by atoms with van der Waals surface area (Å²) >= 11 is 0. The van der Waals surface area contributed by atoms with Gasteiger partial charge >= 0.3 is 0 Å². The molecule has 0 aromatic heterocycles. The van der Waals surface area contributed by atoms with Crippen molar-refractivity contribution < 1.29 is 0 Å². The van der Waals surface area contributed by atoms with E-state index < -0.39 is 0 Å². The maximum absolute atomic E-state index is 3.74. The molecule has 0 amide bonds. The molecule has 1 heteroatoms. The van der Waals surface area contributed by atoms with Crippen LogP contribution in [0.15, 0.2) is 12.7 Å². The molecule has 0 heterocycles. The van der Waals surface area contributed by atoms with E-state index >= 15 is 0 Å². The lowest BCUT2D eigenvalue weighted by atomic mass is 10.1. The Labute approximate surface area is 83.6 Å². The monoisotopic (exact) mass is 183 g/mol. The average Bonchev–Trinajstić information content (AvgIpc) is 2.05. The molecule has 2 unspecified atom stereocenters. The van der Waals surface area contributed by atoms with E-state index in [1.165, 1.54) is 25.7 Å². The molecule has 0 bridgehead atoms. The fourth-order valence-corrected chi connectivity index (χ4v) is 1.59. The van der Waals surface area contributed by atoms with E-state index in [1.807, 2.05) is 6.08 Å². The van der Waals surface area contributed by atoms with Crippen molar-refractivity contribution in [3.05, 3.63) is 12.7 Å². The Morgan fingerprint density at radius 1 is 1.23 bits per heavy atom. The summed E-state index contributed by atoms with van der Waals surface area (Å²) in [5.41, 5.74) is 0. The third-order valence-electron chi connectivity index (χ3n) is 2.33. The highest BCUT2D eigenvalue weighted by atomic mass is 14.9. The molecule has 0 aromatic carbocycles. The van der Waals surface area contributed by atoms with Gasteiger partial charge in [-0.1, -0.05) is 32.3 Å². The number of nitrogens with one attached hydrogen (secondary N) is 1. The minimum absolute atomic E-state index is 0.578. The normalized spacial score (nSPS) is 15.3. The third-order valence-corrected chi connectivity index (χ3v) is 2.33. The van der Waals surface area contributed by atoms with Crippen LogP contribution < -0.4 is 5.32 Å². The summed E-state index contributed by atoms with van der Waals surface area (Å²) in [6.07, 6.45) is 8.38. The summed E-state index contributed by atoms with van der Waals surface area (Å²) in [6.45, 7) is 10.5. The SMILES string of the molecule is C=CCC(C)NC(C)CCCCC. The van der Waals surface area contributed by atoms with Crippen molar-refractivity contribution >= 4 is 0 Å². The van der Waals surface area contributed by atoms with Gasteiger partial charge in [0.2, 0.25) is 0 Å². The lowest BCUT2D eigenvalue weighted by Crippen LogP contribution is -2.33. The van der Waals surface area contributed by atoms with Crippen LogP contribution in [0, 0.1) is 0 Å². The van der Waals surface area contributed by atoms with Gasteiger partial charge in [0.15, 0.2) is 0 Å². The fraction of sp³-hybridized carbons (Fsp3) is 0.833. The number of unbranched alkanes of at least 4 members (excludes halogenated alkanes) is 2. The fourth-order valence-electron chi connectivity index (χ4n) is 1.59. The van der Waals surface area contributed by atoms with Gasteiger partial charge in [0, 0.05) is 12.1 Å². The summed E-state index contributed by atoms with van der Waals surface area (Å²) in [4.78, 5) is 0. The van der Waals surface area contributed by atoms with Gasteiger partial charge < -0.3 is 5.32 Å². The molecule has 1 N–H and O–H groups in total. The standard InChI is InChI=1S/C12H25N/c1-5-7-8-10-12(4)13-11(3)9-6-2/h6,11-13H,2,5,7-10H2,1,3-4H3. The van der Waals surface area contributed by atoms with Crippen LogP contribution in [0.25, 0.3) is 0 Å². The first kappa shape index (κ1) is 12.7. The minimum atomic E-state index is 0.578. The zero-order valence-electron chi connectivity index (χ0n) is 9.47. The van der Waals surface area contributed by atoms with Crippen molar-refractivity contribution in [1.29, 1.82) is 0 Å². The van der Waals surface area contributed by atoms with Gasteiger partial charge in [0.05, 0.1) is 0 Å². The van der Waals surface area contributed by atoms with Crippen LogP contribution in [-0.4, -0.2) is 12.1 Å². The first-order chi connectivity index (χ1) is 6.20. The van der Waals surface area contributed by atoms with Gasteiger partial charge in [-0.15, -0.1) is 6.58 Å². The second-order valence-electron chi connectivity index (χ2n) is 3.99. The predicted molar refractivity (Wildman–Crippen MR) is 61.0 cm³/mol. The van der Waals surface area contributed by atoms with E-state index in [9.17, 15) is 0 Å². The zero-order valence-corrected chi connectivity index (χ0v) is 9.47. The lowest BCUT2D eigenvalue weighted by Gasteiger charge is -2.18. The van der Waals surface area contributed by atoms with Crippen LogP contribution >= 0.6 is 0 Å². The highest BCUT2D eigenvalue weighted by Gasteiger charge is 2.04. The topological polar surface area (TPSA) is 12.0 Å². The first-order valence-corrected chi connectivity index (χ1v) is 5.57. The van der Waals surface area contributed by atoms with Crippen LogP contribution in [0.4, 0.5) is 0 Å². The van der Waals surface area contributed by atoms with E-state index in [4.69, 9.17) is 0 Å². The molecule has 0 radical (unpaired) electrons. The van der Waals surface area contributed by atoms with Crippen LogP contribution in [0.3, 0.4) is 0 Å². The number of rotatable bonds is 8. The Bertz CT molecular complexity index is 120. The number of hydrogen-bond donors (Lipinski definition) is 1. The molecule has 0 rings (SSSR count). The molecule has 0 saturated carbocycles. The third kappa shape index (κ3) is 8.04. The second-order valence-corrected chi connectivity index (χ2v) is 3.99. The molecule has 0 spiro atoms. The van der Waals surface area contributed by atoms with Gasteiger partial charge in [-0.2, -0.15) is 0 Å². The molecule has 0 aliphatic heterocycles. The van der Waals surface area contributed by atoms with Crippen molar-refractivity contribution in [2.24, 2.45) is 0 Å². The average molecular weight is 183 g/mol. The van der Waals surface area contributed by atoms with Gasteiger partial charge in [-0.3, -0.25) is 0 Å². The molecule has 0 aromatic rings. The van der Waals surface area contributed by atoms with Gasteiger partial charge in [0.25, 0.3) is 0 Å². The van der Waals surface area contributed by atoms with E-state index in [-0.39, 0.29) is 0 Å². The molecular formula is C12H25N. The largest absolute Gasteiger partial charge is 0.311 e. The summed E-state index contributed by atoms with van der Waals surface area (Å²) in [7, 11) is 0. The molecule has 0 saturated heterocycles. The summed E-state index contributed by atoms with van der Waals surface area (Å²) < 4.78 is 0. The van der Waals surface area contributed by atoms with E-state index in [0.29, 0.717) is 12.1 Å². The number of hydrogen-bond acceptors (Lipinski definition) is 1. The van der Waals surface area contributed by atoms with Crippen LogP contribution in [0.5, 0.6) is 0 Å². The molecule has 2 atom stereocenters. The van der Waals surface area contributed by atoms with Crippen LogP contribution in [0.1, 0.15) is 52.9 Å². The molecular weight excluding hydrogens is 158 g/mol.